The smallest absolute Gasteiger partial charge is 0.220 e. The van der Waals surface area contributed by atoms with E-state index >= 15 is 0 Å². The highest BCUT2D eigenvalue weighted by atomic mass is 28.3. The normalized spacial score (nSPS) is 24.5. The van der Waals surface area contributed by atoms with E-state index in [0.29, 0.717) is 25.2 Å². The van der Waals surface area contributed by atoms with E-state index in [2.05, 4.69) is 37.2 Å². The number of amides is 2. The molecular weight excluding hydrogens is 284 g/mol. The molecule has 1 rings (SSSR count). The highest BCUT2D eigenvalue weighted by Crippen LogP contribution is 2.57. The van der Waals surface area contributed by atoms with E-state index in [1.54, 1.807) is 0 Å². The molecule has 1 aliphatic rings. The zero-order chi connectivity index (χ0) is 16.0. The van der Waals surface area contributed by atoms with Gasteiger partial charge in [-0.2, -0.15) is 0 Å². The molecule has 1 saturated carbocycles. The predicted octanol–water partition coefficient (Wildman–Crippen LogP) is 1.36. The third-order valence-electron chi connectivity index (χ3n) is 4.34. The van der Waals surface area contributed by atoms with Gasteiger partial charge in [0.15, 0.2) is 0 Å². The molecule has 3 unspecified atom stereocenters. The molecule has 0 radical (unpaired) electrons. The molecule has 0 aromatic heterocycles. The molecule has 6 heteroatoms. The molecule has 5 nitrogen and oxygen atoms in total. The van der Waals surface area contributed by atoms with E-state index in [4.69, 9.17) is 5.11 Å². The van der Waals surface area contributed by atoms with Crippen molar-refractivity contribution in [2.75, 3.05) is 19.7 Å². The largest absolute Gasteiger partial charge is 0.395 e. The quantitative estimate of drug-likeness (QED) is 0.562. The number of rotatable bonds is 9. The maximum absolute atomic E-state index is 11.8. The first-order valence-corrected chi connectivity index (χ1v) is 11.5. The summed E-state index contributed by atoms with van der Waals surface area (Å²) < 4.78 is 0. The van der Waals surface area contributed by atoms with Crippen LogP contribution in [-0.2, 0) is 9.59 Å². The molecular formula is C15H30N2O3Si. The summed E-state index contributed by atoms with van der Waals surface area (Å²) in [5, 5.41) is 14.2. The highest BCUT2D eigenvalue weighted by Gasteiger charge is 2.53. The van der Waals surface area contributed by atoms with Crippen LogP contribution in [0, 0.1) is 11.8 Å². The first-order valence-electron chi connectivity index (χ1n) is 7.91. The Balaban J connectivity index is 2.12. The van der Waals surface area contributed by atoms with Crippen LogP contribution in [0.25, 0.3) is 0 Å². The van der Waals surface area contributed by atoms with Gasteiger partial charge in [0.05, 0.1) is 6.61 Å². The molecule has 0 bridgehead atoms. The van der Waals surface area contributed by atoms with E-state index in [1.165, 1.54) is 0 Å². The van der Waals surface area contributed by atoms with Crippen LogP contribution in [-0.4, -0.2) is 44.7 Å². The summed E-state index contributed by atoms with van der Waals surface area (Å²) in [7, 11) is -1.10. The molecule has 21 heavy (non-hydrogen) atoms. The summed E-state index contributed by atoms with van der Waals surface area (Å²) in [6.45, 7) is 10.5. The van der Waals surface area contributed by atoms with Gasteiger partial charge in [0.1, 0.15) is 0 Å². The number of hydrogen-bond donors (Lipinski definition) is 3. The van der Waals surface area contributed by atoms with Gasteiger partial charge in [0.25, 0.3) is 0 Å². The van der Waals surface area contributed by atoms with E-state index in [9.17, 15) is 9.59 Å². The van der Waals surface area contributed by atoms with Crippen LogP contribution in [0.3, 0.4) is 0 Å². The first-order chi connectivity index (χ1) is 9.77. The zero-order valence-corrected chi connectivity index (χ0v) is 14.7. The molecule has 2 amide bonds. The van der Waals surface area contributed by atoms with Crippen LogP contribution < -0.4 is 10.6 Å². The topological polar surface area (TPSA) is 78.4 Å². The molecule has 0 aliphatic heterocycles. The van der Waals surface area contributed by atoms with Crippen molar-refractivity contribution in [2.45, 2.75) is 51.4 Å². The molecule has 3 N–H and O–H groups in total. The van der Waals surface area contributed by atoms with Gasteiger partial charge >= 0.3 is 0 Å². The number of aliphatic hydroxyl groups excluding tert-OH is 1. The summed E-state index contributed by atoms with van der Waals surface area (Å²) in [6.07, 6.45) is 1.29. The monoisotopic (exact) mass is 314 g/mol. The average molecular weight is 315 g/mol. The molecule has 3 atom stereocenters. The average Bonchev–Trinajstić information content (AvgIpc) is 3.04. The maximum Gasteiger partial charge on any atom is 0.220 e. The number of nitrogens with one attached hydrogen (secondary N) is 2. The van der Waals surface area contributed by atoms with Crippen molar-refractivity contribution in [3.63, 3.8) is 0 Å². The fraction of sp³-hybridized carbons (Fsp3) is 0.867. The van der Waals surface area contributed by atoms with Gasteiger partial charge in [-0.3, -0.25) is 9.59 Å². The van der Waals surface area contributed by atoms with Crippen LogP contribution in [0.4, 0.5) is 0 Å². The number of carbonyl (C=O) groups is 2. The summed E-state index contributed by atoms with van der Waals surface area (Å²) >= 11 is 0. The van der Waals surface area contributed by atoms with E-state index in [0.717, 1.165) is 18.0 Å². The van der Waals surface area contributed by atoms with Crippen LogP contribution in [0.5, 0.6) is 0 Å². The third-order valence-corrected chi connectivity index (χ3v) is 7.29. The van der Waals surface area contributed by atoms with Gasteiger partial charge in [-0.1, -0.05) is 26.6 Å². The molecule has 0 heterocycles. The zero-order valence-electron chi connectivity index (χ0n) is 13.7. The summed E-state index contributed by atoms with van der Waals surface area (Å²) in [6, 6.07) is 0. The molecule has 122 valence electrons. The Morgan fingerprint density at radius 1 is 1.10 bits per heavy atom. The Morgan fingerprint density at radius 3 is 2.14 bits per heavy atom. The van der Waals surface area contributed by atoms with Crippen molar-refractivity contribution in [3.8, 4) is 0 Å². The lowest BCUT2D eigenvalue weighted by Gasteiger charge is -2.16. The first kappa shape index (κ1) is 18.2. The van der Waals surface area contributed by atoms with Gasteiger partial charge in [-0.05, 0) is 23.8 Å². The van der Waals surface area contributed by atoms with Crippen LogP contribution in [0.1, 0.15) is 26.2 Å². The lowest BCUT2D eigenvalue weighted by molar-refractivity contribution is -0.122. The summed E-state index contributed by atoms with van der Waals surface area (Å²) in [5.74, 6) is 1.32. The van der Waals surface area contributed by atoms with Crippen molar-refractivity contribution in [3.05, 3.63) is 0 Å². The highest BCUT2D eigenvalue weighted by molar-refractivity contribution is 6.78. The van der Waals surface area contributed by atoms with E-state index < -0.39 is 8.07 Å². The number of carbonyl (C=O) groups excluding carboxylic acids is 2. The van der Waals surface area contributed by atoms with Crippen molar-refractivity contribution in [1.29, 1.82) is 0 Å². The maximum atomic E-state index is 11.8. The van der Waals surface area contributed by atoms with Gasteiger partial charge in [-0.15, -0.1) is 0 Å². The Morgan fingerprint density at radius 2 is 1.67 bits per heavy atom. The minimum Gasteiger partial charge on any atom is -0.395 e. The molecule has 1 aliphatic carbocycles. The molecule has 0 aromatic carbocycles. The second-order valence-corrected chi connectivity index (χ2v) is 12.5. The van der Waals surface area contributed by atoms with Gasteiger partial charge in [0, 0.05) is 34.0 Å². The second-order valence-electron chi connectivity index (χ2n) is 7.15. The lowest BCUT2D eigenvalue weighted by Crippen LogP contribution is -2.29. The molecule has 0 spiro atoms. The van der Waals surface area contributed by atoms with Crippen LogP contribution >= 0.6 is 0 Å². The van der Waals surface area contributed by atoms with Crippen LogP contribution in [0.15, 0.2) is 0 Å². The fourth-order valence-electron chi connectivity index (χ4n) is 3.30. The van der Waals surface area contributed by atoms with Gasteiger partial charge in [0.2, 0.25) is 11.8 Å². The van der Waals surface area contributed by atoms with Gasteiger partial charge < -0.3 is 15.7 Å². The van der Waals surface area contributed by atoms with Crippen molar-refractivity contribution < 1.29 is 14.7 Å². The summed E-state index contributed by atoms with van der Waals surface area (Å²) in [4.78, 5) is 23.1. The Bertz CT molecular complexity index is 368. The lowest BCUT2D eigenvalue weighted by atomic mass is 10.2. The number of aliphatic hydroxyl groups is 1. The van der Waals surface area contributed by atoms with Crippen molar-refractivity contribution in [1.82, 2.24) is 10.6 Å². The predicted molar refractivity (Wildman–Crippen MR) is 86.7 cm³/mol. The standard InChI is InChI=1S/C15H30N2O3Si/c1-11-12(15(11)21(2,3)4)10-17-14(20)7-5-6-13(19)16-8-9-18/h11-12,15,18H,5-10H2,1-4H3,(H,16,19)(H,17,20). The van der Waals surface area contributed by atoms with Crippen molar-refractivity contribution >= 4 is 19.9 Å². The van der Waals surface area contributed by atoms with Crippen molar-refractivity contribution in [2.24, 2.45) is 11.8 Å². The Hall–Kier alpha value is -0.883. The molecule has 1 fully saturated rings. The van der Waals surface area contributed by atoms with Crippen LogP contribution in [0.2, 0.25) is 25.2 Å². The molecule has 0 saturated heterocycles. The van der Waals surface area contributed by atoms with Gasteiger partial charge in [-0.25, -0.2) is 0 Å². The fourth-order valence-corrected chi connectivity index (χ4v) is 6.72. The second kappa shape index (κ2) is 7.94. The minimum atomic E-state index is -1.10. The van der Waals surface area contributed by atoms with E-state index in [1.807, 2.05) is 0 Å². The molecule has 0 aromatic rings. The minimum absolute atomic E-state index is 0.0402. The Kier molecular flexibility index (Phi) is 6.87. The SMILES string of the molecule is CC1C(CNC(=O)CCCC(=O)NCCO)C1[Si](C)(C)C. The summed E-state index contributed by atoms with van der Waals surface area (Å²) in [5.41, 5.74) is 0.821. The Labute approximate surface area is 128 Å². The third kappa shape index (κ3) is 6.18. The van der Waals surface area contributed by atoms with E-state index in [-0.39, 0.29) is 25.0 Å². The number of hydrogen-bond acceptors (Lipinski definition) is 3.